The van der Waals surface area contributed by atoms with E-state index in [-0.39, 0.29) is 0 Å². The lowest BCUT2D eigenvalue weighted by molar-refractivity contribution is 0.295. The molecular weight excluding hydrogens is 183 g/mol. The molecule has 0 saturated heterocycles. The summed E-state index contributed by atoms with van der Waals surface area (Å²) in [5.74, 6) is 0. The topological polar surface area (TPSA) is 35.5 Å². The van der Waals surface area contributed by atoms with Crippen LogP contribution in [0.2, 0.25) is 0 Å². The first-order valence-corrected chi connectivity index (χ1v) is 6.50. The molecule has 5 heteroatoms. The number of hydrogen-bond acceptors (Lipinski definition) is 4. The van der Waals surface area contributed by atoms with E-state index in [0.717, 1.165) is 6.42 Å². The Kier molecular flexibility index (Phi) is 5.44. The van der Waals surface area contributed by atoms with Crippen LogP contribution in [-0.4, -0.2) is 19.5 Å². The van der Waals surface area contributed by atoms with E-state index in [9.17, 15) is 4.57 Å². The van der Waals surface area contributed by atoms with Crippen molar-refractivity contribution >= 4 is 18.2 Å². The average molecular weight is 198 g/mol. The minimum Gasteiger partial charge on any atom is -0.304 e. The quantitative estimate of drug-likeness (QED) is 0.636. The molecule has 0 rings (SSSR count). The molecular formula is C6H15O3PS. The molecule has 0 amide bonds. The van der Waals surface area contributed by atoms with Gasteiger partial charge in [0.05, 0.1) is 0 Å². The first-order chi connectivity index (χ1) is 5.08. The van der Waals surface area contributed by atoms with Gasteiger partial charge in [-0.25, -0.2) is 4.57 Å². The van der Waals surface area contributed by atoms with E-state index in [1.165, 1.54) is 25.6 Å². The van der Waals surface area contributed by atoms with Gasteiger partial charge in [-0.2, -0.15) is 0 Å². The Bertz CT molecular complexity index is 143. The lowest BCUT2D eigenvalue weighted by Gasteiger charge is -2.15. The summed E-state index contributed by atoms with van der Waals surface area (Å²) in [4.78, 5) is 0. The summed E-state index contributed by atoms with van der Waals surface area (Å²) in [7, 11) is 2.80. The fourth-order valence-electron chi connectivity index (χ4n) is 0.456. The summed E-state index contributed by atoms with van der Waals surface area (Å²) in [5.41, 5.74) is 0. The highest BCUT2D eigenvalue weighted by Gasteiger charge is 2.24. The minimum atomic E-state index is -2.84. The van der Waals surface area contributed by atoms with Crippen LogP contribution in [0.25, 0.3) is 0 Å². The first kappa shape index (κ1) is 11.5. The van der Waals surface area contributed by atoms with Crippen LogP contribution in [0.1, 0.15) is 20.3 Å². The van der Waals surface area contributed by atoms with Crippen molar-refractivity contribution in [3.63, 3.8) is 0 Å². The normalized spacial score (nSPS) is 14.9. The van der Waals surface area contributed by atoms with E-state index in [0.29, 0.717) is 5.25 Å². The molecule has 0 aromatic heterocycles. The molecule has 0 aliphatic carbocycles. The van der Waals surface area contributed by atoms with Crippen LogP contribution in [-0.2, 0) is 13.6 Å². The summed E-state index contributed by atoms with van der Waals surface area (Å²) in [6.45, 7) is 1.19. The van der Waals surface area contributed by atoms with E-state index in [4.69, 9.17) is 9.05 Å². The van der Waals surface area contributed by atoms with Gasteiger partial charge in [0.1, 0.15) is 0 Å². The summed E-state index contributed by atoms with van der Waals surface area (Å²) in [6.07, 6.45) is 0.960. The molecule has 0 aliphatic rings. The fourth-order valence-corrected chi connectivity index (χ4v) is 3.65. The average Bonchev–Trinajstić information content (AvgIpc) is 2.04. The van der Waals surface area contributed by atoms with Crippen molar-refractivity contribution in [2.75, 3.05) is 14.2 Å². The lowest BCUT2D eigenvalue weighted by atomic mass is 10.4. The molecule has 0 aromatic rings. The van der Waals surface area contributed by atoms with Gasteiger partial charge in [-0.3, -0.25) is 0 Å². The Labute approximate surface area is 72.1 Å². The van der Waals surface area contributed by atoms with Gasteiger partial charge in [0, 0.05) is 19.5 Å². The van der Waals surface area contributed by atoms with E-state index < -0.39 is 6.80 Å². The van der Waals surface area contributed by atoms with Crippen molar-refractivity contribution in [2.24, 2.45) is 0 Å². The van der Waals surface area contributed by atoms with Crippen LogP contribution in [0.4, 0.5) is 0 Å². The summed E-state index contributed by atoms with van der Waals surface area (Å²) < 4.78 is 21.0. The third kappa shape index (κ3) is 4.16. The Balaban J connectivity index is 3.97. The van der Waals surface area contributed by atoms with Gasteiger partial charge < -0.3 is 9.05 Å². The zero-order valence-electron chi connectivity index (χ0n) is 7.36. The third-order valence-electron chi connectivity index (χ3n) is 1.33. The number of rotatable bonds is 5. The molecule has 0 saturated carbocycles. The summed E-state index contributed by atoms with van der Waals surface area (Å²) in [5, 5.41) is 0.306. The molecule has 68 valence electrons. The maximum atomic E-state index is 11.4. The van der Waals surface area contributed by atoms with Gasteiger partial charge in [0.15, 0.2) is 0 Å². The van der Waals surface area contributed by atoms with E-state index in [1.54, 1.807) is 0 Å². The Morgan fingerprint density at radius 2 is 1.91 bits per heavy atom. The van der Waals surface area contributed by atoms with E-state index >= 15 is 0 Å². The van der Waals surface area contributed by atoms with Gasteiger partial charge >= 0.3 is 6.80 Å². The van der Waals surface area contributed by atoms with Crippen molar-refractivity contribution in [1.82, 2.24) is 0 Å². The Hall–Kier alpha value is 0.500. The van der Waals surface area contributed by atoms with Crippen molar-refractivity contribution in [3.8, 4) is 0 Å². The Morgan fingerprint density at radius 1 is 1.45 bits per heavy atom. The largest absolute Gasteiger partial charge is 0.388 e. The van der Waals surface area contributed by atoms with Crippen LogP contribution in [0, 0.1) is 0 Å². The highest BCUT2D eigenvalue weighted by molar-refractivity contribution is 8.55. The van der Waals surface area contributed by atoms with Crippen LogP contribution in [0.3, 0.4) is 0 Å². The van der Waals surface area contributed by atoms with Crippen molar-refractivity contribution in [3.05, 3.63) is 0 Å². The number of hydrogen-bond donors (Lipinski definition) is 0. The summed E-state index contributed by atoms with van der Waals surface area (Å²) >= 11 is 1.26. The molecule has 0 fully saturated rings. The van der Waals surface area contributed by atoms with Gasteiger partial charge in [-0.05, 0) is 17.8 Å². The fraction of sp³-hybridized carbons (Fsp3) is 1.00. The zero-order valence-corrected chi connectivity index (χ0v) is 9.08. The molecule has 0 bridgehead atoms. The second kappa shape index (κ2) is 5.20. The maximum Gasteiger partial charge on any atom is 0.388 e. The molecule has 0 radical (unpaired) electrons. The van der Waals surface area contributed by atoms with Crippen molar-refractivity contribution in [1.29, 1.82) is 0 Å². The van der Waals surface area contributed by atoms with Crippen molar-refractivity contribution in [2.45, 2.75) is 25.5 Å². The second-order valence-electron chi connectivity index (χ2n) is 2.14. The predicted molar refractivity (Wildman–Crippen MR) is 49.0 cm³/mol. The van der Waals surface area contributed by atoms with Crippen molar-refractivity contribution < 1.29 is 13.6 Å². The standard InChI is InChI=1S/C6H15O3PS/c1-5-6(2)11-10(7,8-3)9-4/h6H,5H2,1-4H3. The van der Waals surface area contributed by atoms with Crippen LogP contribution in [0.5, 0.6) is 0 Å². The van der Waals surface area contributed by atoms with Gasteiger partial charge in [-0.1, -0.05) is 13.8 Å². The highest BCUT2D eigenvalue weighted by Crippen LogP contribution is 2.61. The molecule has 0 heterocycles. The SMILES string of the molecule is CCC(C)SP(=O)(OC)OC. The smallest absolute Gasteiger partial charge is 0.304 e. The molecule has 0 N–H and O–H groups in total. The molecule has 3 nitrogen and oxygen atoms in total. The van der Waals surface area contributed by atoms with Gasteiger partial charge in [0.2, 0.25) is 0 Å². The van der Waals surface area contributed by atoms with Crippen LogP contribution in [0.15, 0.2) is 0 Å². The lowest BCUT2D eigenvalue weighted by Crippen LogP contribution is -1.94. The molecule has 0 aromatic carbocycles. The van der Waals surface area contributed by atoms with Crippen LogP contribution < -0.4 is 0 Å². The first-order valence-electron chi connectivity index (χ1n) is 3.48. The monoisotopic (exact) mass is 198 g/mol. The van der Waals surface area contributed by atoms with E-state index in [1.807, 2.05) is 13.8 Å². The van der Waals surface area contributed by atoms with Gasteiger partial charge in [0.25, 0.3) is 0 Å². The third-order valence-corrected chi connectivity index (χ3v) is 5.93. The van der Waals surface area contributed by atoms with E-state index in [2.05, 4.69) is 0 Å². The molecule has 1 unspecified atom stereocenters. The van der Waals surface area contributed by atoms with Gasteiger partial charge in [-0.15, -0.1) is 0 Å². The second-order valence-corrected chi connectivity index (χ2v) is 6.75. The maximum absolute atomic E-state index is 11.4. The Morgan fingerprint density at radius 3 is 2.18 bits per heavy atom. The van der Waals surface area contributed by atoms with Crippen LogP contribution >= 0.6 is 18.2 Å². The molecule has 0 aliphatic heterocycles. The summed E-state index contributed by atoms with van der Waals surface area (Å²) in [6, 6.07) is 0. The molecule has 1 atom stereocenters. The highest BCUT2D eigenvalue weighted by atomic mass is 32.7. The molecule has 0 spiro atoms. The minimum absolute atomic E-state index is 0.306. The molecule has 11 heavy (non-hydrogen) atoms. The zero-order chi connectivity index (χ0) is 8.91. The predicted octanol–water partition coefficient (Wildman–Crippen LogP) is 2.92.